The molecule has 0 saturated heterocycles. The first kappa shape index (κ1) is 12.9. The van der Waals surface area contributed by atoms with Gasteiger partial charge >= 0.3 is 0 Å². The van der Waals surface area contributed by atoms with Crippen LogP contribution in [0.4, 0.5) is 0 Å². The number of hydrogen-bond acceptors (Lipinski definition) is 2. The molecule has 1 aliphatic rings. The fourth-order valence-electron chi connectivity index (χ4n) is 2.59. The average Bonchev–Trinajstić information content (AvgIpc) is 2.68. The SMILES string of the molecule is COc1cccc(C(=O)NC2CCC(C)(C)C2)c1. The molecule has 2 rings (SSSR count). The predicted molar refractivity (Wildman–Crippen MR) is 71.9 cm³/mol. The number of carbonyl (C=O) groups is 1. The molecule has 0 aromatic heterocycles. The number of benzene rings is 1. The van der Waals surface area contributed by atoms with Crippen LogP contribution in [0.2, 0.25) is 0 Å². The monoisotopic (exact) mass is 247 g/mol. The van der Waals surface area contributed by atoms with E-state index < -0.39 is 0 Å². The van der Waals surface area contributed by atoms with E-state index in [1.165, 1.54) is 6.42 Å². The van der Waals surface area contributed by atoms with Crippen molar-refractivity contribution < 1.29 is 9.53 Å². The largest absolute Gasteiger partial charge is 0.497 e. The first-order chi connectivity index (χ1) is 8.50. The lowest BCUT2D eigenvalue weighted by Crippen LogP contribution is -2.33. The number of carbonyl (C=O) groups excluding carboxylic acids is 1. The summed E-state index contributed by atoms with van der Waals surface area (Å²) in [6.07, 6.45) is 3.31. The van der Waals surface area contributed by atoms with E-state index >= 15 is 0 Å². The summed E-state index contributed by atoms with van der Waals surface area (Å²) >= 11 is 0. The Bertz CT molecular complexity index is 440. The van der Waals surface area contributed by atoms with Crippen molar-refractivity contribution in [2.75, 3.05) is 7.11 Å². The maximum atomic E-state index is 12.1. The standard InChI is InChI=1S/C15H21NO2/c1-15(2)8-7-12(10-15)16-14(17)11-5-4-6-13(9-11)18-3/h4-6,9,12H,7-8,10H2,1-3H3,(H,16,17). The van der Waals surface area contributed by atoms with Crippen molar-refractivity contribution >= 4 is 5.91 Å². The number of nitrogens with one attached hydrogen (secondary N) is 1. The highest BCUT2D eigenvalue weighted by molar-refractivity contribution is 5.94. The van der Waals surface area contributed by atoms with E-state index in [-0.39, 0.29) is 5.91 Å². The lowest BCUT2D eigenvalue weighted by atomic mass is 9.92. The van der Waals surface area contributed by atoms with Crippen LogP contribution in [0.5, 0.6) is 5.75 Å². The van der Waals surface area contributed by atoms with E-state index in [0.717, 1.165) is 18.6 Å². The molecule has 1 unspecified atom stereocenters. The van der Waals surface area contributed by atoms with E-state index in [4.69, 9.17) is 4.74 Å². The molecular formula is C15H21NO2. The number of ether oxygens (including phenoxy) is 1. The molecule has 1 amide bonds. The molecule has 3 heteroatoms. The first-order valence-corrected chi connectivity index (χ1v) is 6.45. The van der Waals surface area contributed by atoms with Gasteiger partial charge in [-0.05, 0) is 42.9 Å². The van der Waals surface area contributed by atoms with E-state index in [2.05, 4.69) is 19.2 Å². The summed E-state index contributed by atoms with van der Waals surface area (Å²) in [6, 6.07) is 7.58. The molecule has 0 spiro atoms. The fourth-order valence-corrected chi connectivity index (χ4v) is 2.59. The minimum absolute atomic E-state index is 0.00315. The average molecular weight is 247 g/mol. The molecule has 1 N–H and O–H groups in total. The van der Waals surface area contributed by atoms with Gasteiger partial charge in [0.05, 0.1) is 7.11 Å². The predicted octanol–water partition coefficient (Wildman–Crippen LogP) is 3.00. The van der Waals surface area contributed by atoms with Gasteiger partial charge in [0.15, 0.2) is 0 Å². The number of amides is 1. The molecule has 1 aliphatic carbocycles. The second-order valence-corrected chi connectivity index (χ2v) is 5.81. The van der Waals surface area contributed by atoms with E-state index in [0.29, 0.717) is 17.0 Å². The van der Waals surface area contributed by atoms with Crippen molar-refractivity contribution in [2.45, 2.75) is 39.2 Å². The van der Waals surface area contributed by atoms with Gasteiger partial charge < -0.3 is 10.1 Å². The quantitative estimate of drug-likeness (QED) is 0.891. The van der Waals surface area contributed by atoms with Gasteiger partial charge in [-0.2, -0.15) is 0 Å². The molecule has 0 radical (unpaired) electrons. The molecule has 3 nitrogen and oxygen atoms in total. The van der Waals surface area contributed by atoms with Gasteiger partial charge in [0.25, 0.3) is 5.91 Å². The molecule has 1 saturated carbocycles. The van der Waals surface area contributed by atoms with Crippen LogP contribution < -0.4 is 10.1 Å². The van der Waals surface area contributed by atoms with Gasteiger partial charge in [0.2, 0.25) is 0 Å². The topological polar surface area (TPSA) is 38.3 Å². The normalized spacial score (nSPS) is 21.6. The maximum absolute atomic E-state index is 12.1. The van der Waals surface area contributed by atoms with Gasteiger partial charge in [-0.3, -0.25) is 4.79 Å². The molecule has 0 aliphatic heterocycles. The molecule has 1 atom stereocenters. The fraction of sp³-hybridized carbons (Fsp3) is 0.533. The van der Waals surface area contributed by atoms with Crippen LogP contribution in [-0.4, -0.2) is 19.1 Å². The summed E-state index contributed by atoms with van der Waals surface area (Å²) in [6.45, 7) is 4.51. The number of methoxy groups -OCH3 is 1. The second-order valence-electron chi connectivity index (χ2n) is 5.81. The van der Waals surface area contributed by atoms with Crippen LogP contribution in [-0.2, 0) is 0 Å². The summed E-state index contributed by atoms with van der Waals surface area (Å²) in [4.78, 5) is 12.1. The van der Waals surface area contributed by atoms with Crippen LogP contribution >= 0.6 is 0 Å². The zero-order valence-electron chi connectivity index (χ0n) is 11.3. The highest BCUT2D eigenvalue weighted by Gasteiger charge is 2.31. The van der Waals surface area contributed by atoms with Gasteiger partial charge in [-0.25, -0.2) is 0 Å². The Balaban J connectivity index is 1.99. The van der Waals surface area contributed by atoms with Gasteiger partial charge in [0, 0.05) is 11.6 Å². The minimum Gasteiger partial charge on any atom is -0.497 e. The molecule has 1 aromatic rings. The van der Waals surface area contributed by atoms with E-state index in [1.54, 1.807) is 13.2 Å². The van der Waals surface area contributed by atoms with Crippen LogP contribution in [0.15, 0.2) is 24.3 Å². The molecule has 18 heavy (non-hydrogen) atoms. The highest BCUT2D eigenvalue weighted by Crippen LogP contribution is 2.36. The van der Waals surface area contributed by atoms with Crippen molar-refractivity contribution in [3.05, 3.63) is 29.8 Å². The van der Waals surface area contributed by atoms with Crippen LogP contribution in [0.3, 0.4) is 0 Å². The molecule has 98 valence electrons. The third kappa shape index (κ3) is 3.03. The number of hydrogen-bond donors (Lipinski definition) is 1. The lowest BCUT2D eigenvalue weighted by Gasteiger charge is -2.18. The Hall–Kier alpha value is -1.51. The van der Waals surface area contributed by atoms with Crippen LogP contribution in [0, 0.1) is 5.41 Å². The molecule has 1 fully saturated rings. The summed E-state index contributed by atoms with van der Waals surface area (Å²) in [7, 11) is 1.61. The lowest BCUT2D eigenvalue weighted by molar-refractivity contribution is 0.0935. The number of rotatable bonds is 3. The molecule has 0 heterocycles. The highest BCUT2D eigenvalue weighted by atomic mass is 16.5. The summed E-state index contributed by atoms with van der Waals surface area (Å²) in [5.41, 5.74) is 1.02. The summed E-state index contributed by atoms with van der Waals surface area (Å²) in [5, 5.41) is 3.11. The smallest absolute Gasteiger partial charge is 0.251 e. The molecular weight excluding hydrogens is 226 g/mol. The minimum atomic E-state index is -0.00315. The maximum Gasteiger partial charge on any atom is 0.251 e. The Morgan fingerprint density at radius 1 is 1.44 bits per heavy atom. The van der Waals surface area contributed by atoms with Gasteiger partial charge in [-0.15, -0.1) is 0 Å². The van der Waals surface area contributed by atoms with Crippen molar-refractivity contribution in [3.63, 3.8) is 0 Å². The van der Waals surface area contributed by atoms with Crippen molar-refractivity contribution in [2.24, 2.45) is 5.41 Å². The Kier molecular flexibility index (Phi) is 3.60. The molecule has 0 bridgehead atoms. The van der Waals surface area contributed by atoms with Crippen LogP contribution in [0.25, 0.3) is 0 Å². The molecule has 1 aromatic carbocycles. The van der Waals surface area contributed by atoms with Crippen molar-refractivity contribution in [1.82, 2.24) is 5.32 Å². The Morgan fingerprint density at radius 3 is 2.83 bits per heavy atom. The third-order valence-electron chi connectivity index (χ3n) is 3.64. The first-order valence-electron chi connectivity index (χ1n) is 6.45. The van der Waals surface area contributed by atoms with Crippen LogP contribution in [0.1, 0.15) is 43.5 Å². The van der Waals surface area contributed by atoms with Crippen molar-refractivity contribution in [3.8, 4) is 5.75 Å². The summed E-state index contributed by atoms with van der Waals surface area (Å²) < 4.78 is 5.13. The Morgan fingerprint density at radius 2 is 2.22 bits per heavy atom. The van der Waals surface area contributed by atoms with Gasteiger partial charge in [-0.1, -0.05) is 19.9 Å². The Labute approximate surface area is 109 Å². The van der Waals surface area contributed by atoms with E-state index in [9.17, 15) is 4.79 Å². The second kappa shape index (κ2) is 5.01. The zero-order valence-corrected chi connectivity index (χ0v) is 11.3. The third-order valence-corrected chi connectivity index (χ3v) is 3.64. The van der Waals surface area contributed by atoms with E-state index in [1.807, 2.05) is 18.2 Å². The summed E-state index contributed by atoms with van der Waals surface area (Å²) in [5.74, 6) is 0.714. The van der Waals surface area contributed by atoms with Gasteiger partial charge in [0.1, 0.15) is 5.75 Å². The zero-order chi connectivity index (χ0) is 13.2. The van der Waals surface area contributed by atoms with Crippen molar-refractivity contribution in [1.29, 1.82) is 0 Å².